The Bertz CT molecular complexity index is 1110. The van der Waals surface area contributed by atoms with E-state index >= 15 is 0 Å². The molecule has 9 heteroatoms. The maximum Gasteiger partial charge on any atom is 0.350 e. The third kappa shape index (κ3) is 5.55. The number of sulfonamides is 1. The Morgan fingerprint density at radius 2 is 1.72 bits per heavy atom. The Labute approximate surface area is 167 Å². The highest BCUT2D eigenvalue weighted by molar-refractivity contribution is 7.89. The number of fused-ring (bicyclic) bond motifs is 1. The van der Waals surface area contributed by atoms with E-state index in [-0.39, 0.29) is 25.4 Å². The van der Waals surface area contributed by atoms with E-state index in [2.05, 4.69) is 10.3 Å². The van der Waals surface area contributed by atoms with E-state index < -0.39 is 15.8 Å². The molecule has 0 aliphatic heterocycles. The molecule has 2 aromatic carbocycles. The lowest BCUT2D eigenvalue weighted by Gasteiger charge is -2.08. The Morgan fingerprint density at radius 3 is 2.45 bits per heavy atom. The molecule has 3 aromatic rings. The number of benzene rings is 2. The Balaban J connectivity index is 1.62. The summed E-state index contributed by atoms with van der Waals surface area (Å²) in [7, 11) is -4.65. The summed E-state index contributed by atoms with van der Waals surface area (Å²) >= 11 is 0. The lowest BCUT2D eigenvalue weighted by atomic mass is 10.0. The van der Waals surface area contributed by atoms with E-state index in [1.54, 1.807) is 10.9 Å². The zero-order chi connectivity index (χ0) is 20.9. The van der Waals surface area contributed by atoms with Gasteiger partial charge < -0.3 is 5.32 Å². The van der Waals surface area contributed by atoms with Crippen molar-refractivity contribution in [3.8, 4) is 11.1 Å². The van der Waals surface area contributed by atoms with Crippen LogP contribution in [0, 0.1) is 0 Å². The molecule has 0 radical (unpaired) electrons. The van der Waals surface area contributed by atoms with E-state index in [1.165, 1.54) is 0 Å². The van der Waals surface area contributed by atoms with Crippen molar-refractivity contribution >= 4 is 26.7 Å². The number of carbonyl (C=O) groups excluding carboxylic acids is 1. The van der Waals surface area contributed by atoms with Crippen molar-refractivity contribution < 1.29 is 22.0 Å². The molecule has 0 bridgehead atoms. The fourth-order valence-electron chi connectivity index (χ4n) is 2.78. The average molecular weight is 419 g/mol. The molecule has 0 aliphatic carbocycles. The molecule has 0 spiro atoms. The van der Waals surface area contributed by atoms with Crippen LogP contribution in [-0.4, -0.2) is 38.2 Å². The number of amides is 1. The Kier molecular flexibility index (Phi) is 6.50. The second-order valence-corrected chi connectivity index (χ2v) is 8.07. The maximum atomic E-state index is 12.2. The summed E-state index contributed by atoms with van der Waals surface area (Å²) in [5.74, 6) is -3.88. The number of alkyl halides is 2. The van der Waals surface area contributed by atoms with E-state index in [1.807, 2.05) is 54.6 Å². The Morgan fingerprint density at radius 1 is 0.966 bits per heavy atom. The van der Waals surface area contributed by atoms with Crippen LogP contribution >= 0.6 is 0 Å². The van der Waals surface area contributed by atoms with Gasteiger partial charge in [-0.15, -0.1) is 0 Å². The van der Waals surface area contributed by atoms with Gasteiger partial charge in [0.05, 0.1) is 12.1 Å². The first kappa shape index (κ1) is 20.8. The van der Waals surface area contributed by atoms with Gasteiger partial charge in [-0.2, -0.15) is 8.78 Å². The SMILES string of the molecule is O=C(Cc1cc2cc(-c3ccccc3)ccc2cn1)NCCNS(=O)(=O)C(F)F. The van der Waals surface area contributed by atoms with Gasteiger partial charge in [-0.05, 0) is 28.6 Å². The first-order valence-electron chi connectivity index (χ1n) is 8.82. The minimum absolute atomic E-state index is 0.00684. The second-order valence-electron chi connectivity index (χ2n) is 6.33. The molecule has 3 rings (SSSR count). The standard InChI is InChI=1S/C20H19F2N3O3S/c21-20(22)29(27,28)25-9-8-23-19(26)12-18-11-17-10-15(6-7-16(17)13-24-18)14-4-2-1-3-5-14/h1-7,10-11,13,20,25H,8-9,12H2,(H,23,26). The molecule has 1 heterocycles. The molecule has 1 amide bonds. The first-order chi connectivity index (χ1) is 13.8. The van der Waals surface area contributed by atoms with Gasteiger partial charge >= 0.3 is 5.76 Å². The number of rotatable bonds is 8. The van der Waals surface area contributed by atoms with Crippen LogP contribution in [0.2, 0.25) is 0 Å². The maximum absolute atomic E-state index is 12.2. The quantitative estimate of drug-likeness (QED) is 0.550. The summed E-state index contributed by atoms with van der Waals surface area (Å²) in [6.07, 6.45) is 1.68. The van der Waals surface area contributed by atoms with Crippen LogP contribution in [-0.2, 0) is 21.2 Å². The van der Waals surface area contributed by atoms with Crippen molar-refractivity contribution in [2.75, 3.05) is 13.1 Å². The van der Waals surface area contributed by atoms with Crippen LogP contribution in [0.1, 0.15) is 5.69 Å². The minimum Gasteiger partial charge on any atom is -0.354 e. The third-order valence-corrected chi connectivity index (χ3v) is 5.29. The van der Waals surface area contributed by atoms with Crippen molar-refractivity contribution in [2.24, 2.45) is 0 Å². The normalized spacial score (nSPS) is 11.7. The van der Waals surface area contributed by atoms with Gasteiger partial charge in [0.25, 0.3) is 10.0 Å². The smallest absolute Gasteiger partial charge is 0.350 e. The second kappa shape index (κ2) is 9.06. The molecule has 0 atom stereocenters. The average Bonchev–Trinajstić information content (AvgIpc) is 2.71. The zero-order valence-electron chi connectivity index (χ0n) is 15.3. The summed E-state index contributed by atoms with van der Waals surface area (Å²) in [6, 6.07) is 17.7. The number of hydrogen-bond acceptors (Lipinski definition) is 4. The molecule has 0 aliphatic rings. The van der Waals surface area contributed by atoms with Gasteiger partial charge in [-0.1, -0.05) is 42.5 Å². The molecule has 0 unspecified atom stereocenters. The molecule has 29 heavy (non-hydrogen) atoms. The molecule has 0 saturated carbocycles. The zero-order valence-corrected chi connectivity index (χ0v) is 16.1. The lowest BCUT2D eigenvalue weighted by molar-refractivity contribution is -0.120. The van der Waals surface area contributed by atoms with Crippen LogP contribution in [0.5, 0.6) is 0 Å². The number of hydrogen-bond donors (Lipinski definition) is 2. The Hall–Kier alpha value is -2.91. The third-order valence-electron chi connectivity index (χ3n) is 4.21. The van der Waals surface area contributed by atoms with Crippen molar-refractivity contribution in [2.45, 2.75) is 12.2 Å². The lowest BCUT2D eigenvalue weighted by Crippen LogP contribution is -2.37. The van der Waals surface area contributed by atoms with Gasteiger partial charge in [-0.25, -0.2) is 13.1 Å². The van der Waals surface area contributed by atoms with E-state index in [0.717, 1.165) is 21.9 Å². The van der Waals surface area contributed by atoms with Crippen molar-refractivity contribution in [3.05, 3.63) is 66.5 Å². The molecule has 152 valence electrons. The number of nitrogens with zero attached hydrogens (tertiary/aromatic N) is 1. The van der Waals surface area contributed by atoms with Crippen LogP contribution in [0.25, 0.3) is 21.9 Å². The fraction of sp³-hybridized carbons (Fsp3) is 0.200. The summed E-state index contributed by atoms with van der Waals surface area (Å²) < 4.78 is 48.0. The molecule has 1 aromatic heterocycles. The van der Waals surface area contributed by atoms with Gasteiger partial charge in [0.15, 0.2) is 0 Å². The van der Waals surface area contributed by atoms with Gasteiger partial charge in [-0.3, -0.25) is 9.78 Å². The van der Waals surface area contributed by atoms with Gasteiger partial charge in [0.2, 0.25) is 5.91 Å². The van der Waals surface area contributed by atoms with Crippen LogP contribution < -0.4 is 10.0 Å². The molecular formula is C20H19F2N3O3S. The summed E-state index contributed by atoms with van der Waals surface area (Å²) in [6.45, 7) is -0.416. The number of carbonyl (C=O) groups is 1. The van der Waals surface area contributed by atoms with Crippen molar-refractivity contribution in [1.82, 2.24) is 15.0 Å². The van der Waals surface area contributed by atoms with Crippen LogP contribution in [0.3, 0.4) is 0 Å². The number of halogens is 2. The highest BCUT2D eigenvalue weighted by Gasteiger charge is 2.22. The summed E-state index contributed by atoms with van der Waals surface area (Å²) in [5, 5.41) is 4.36. The van der Waals surface area contributed by atoms with Gasteiger partial charge in [0.1, 0.15) is 0 Å². The predicted molar refractivity (Wildman–Crippen MR) is 107 cm³/mol. The van der Waals surface area contributed by atoms with Crippen molar-refractivity contribution in [1.29, 1.82) is 0 Å². The number of pyridine rings is 1. The molecule has 2 N–H and O–H groups in total. The fourth-order valence-corrected chi connectivity index (χ4v) is 3.29. The molecule has 0 fully saturated rings. The largest absolute Gasteiger partial charge is 0.354 e. The molecule has 0 saturated heterocycles. The first-order valence-corrected chi connectivity index (χ1v) is 10.4. The highest BCUT2D eigenvalue weighted by Crippen LogP contribution is 2.24. The summed E-state index contributed by atoms with van der Waals surface area (Å²) in [4.78, 5) is 16.3. The van der Waals surface area contributed by atoms with Gasteiger partial charge in [0, 0.05) is 24.7 Å². The molecule has 6 nitrogen and oxygen atoms in total. The van der Waals surface area contributed by atoms with Crippen LogP contribution in [0.15, 0.2) is 60.8 Å². The molecular weight excluding hydrogens is 400 g/mol. The monoisotopic (exact) mass is 419 g/mol. The van der Waals surface area contributed by atoms with E-state index in [0.29, 0.717) is 5.69 Å². The highest BCUT2D eigenvalue weighted by atomic mass is 32.2. The summed E-state index contributed by atoms with van der Waals surface area (Å²) in [5.41, 5.74) is 2.68. The predicted octanol–water partition coefficient (Wildman–Crippen LogP) is 2.70. The topological polar surface area (TPSA) is 88.2 Å². The van der Waals surface area contributed by atoms with Crippen molar-refractivity contribution in [3.63, 3.8) is 0 Å². The number of nitrogens with one attached hydrogen (secondary N) is 2. The van der Waals surface area contributed by atoms with E-state index in [4.69, 9.17) is 0 Å². The van der Waals surface area contributed by atoms with E-state index in [9.17, 15) is 22.0 Å². The minimum atomic E-state index is -4.65. The van der Waals surface area contributed by atoms with Crippen LogP contribution in [0.4, 0.5) is 8.78 Å². The number of aromatic nitrogens is 1.